The fraction of sp³-hybridized carbons (Fsp3) is 0.667. The first-order chi connectivity index (χ1) is 9.52. The van der Waals surface area contributed by atoms with E-state index in [1.807, 2.05) is 0 Å². The number of nitrogens with zero attached hydrogens (tertiary/aromatic N) is 1. The predicted molar refractivity (Wildman–Crippen MR) is 87.0 cm³/mol. The number of nitrogens with one attached hydrogen (secondary N) is 1. The molecule has 2 nitrogen and oxygen atoms in total. The number of piperazine rings is 1. The molecule has 1 aliphatic rings. The standard InChI is InChI=1S/C18H30N2/c1-5-15(2)17-13-19-18(3,4)14-20(17)12-11-16-9-7-6-8-10-16/h6-10,15,17,19H,5,11-14H2,1-4H3. The Balaban J connectivity index is 2.00. The summed E-state index contributed by atoms with van der Waals surface area (Å²) in [7, 11) is 0. The molecule has 2 rings (SSSR count). The second-order valence-electron chi connectivity index (χ2n) is 6.92. The fourth-order valence-corrected chi connectivity index (χ4v) is 3.19. The molecule has 1 fully saturated rings. The lowest BCUT2D eigenvalue weighted by molar-refractivity contribution is 0.0647. The molecular weight excluding hydrogens is 244 g/mol. The SMILES string of the molecule is CCC(C)C1CNC(C)(C)CN1CCc1ccccc1. The van der Waals surface area contributed by atoms with Crippen molar-refractivity contribution < 1.29 is 0 Å². The average Bonchev–Trinajstić information content (AvgIpc) is 2.45. The molecule has 2 atom stereocenters. The quantitative estimate of drug-likeness (QED) is 0.886. The van der Waals surface area contributed by atoms with Crippen molar-refractivity contribution in [1.29, 1.82) is 0 Å². The topological polar surface area (TPSA) is 15.3 Å². The molecule has 1 saturated heterocycles. The van der Waals surface area contributed by atoms with E-state index in [1.54, 1.807) is 0 Å². The van der Waals surface area contributed by atoms with E-state index in [9.17, 15) is 0 Å². The maximum Gasteiger partial charge on any atom is 0.0252 e. The van der Waals surface area contributed by atoms with Crippen molar-refractivity contribution in [2.24, 2.45) is 5.92 Å². The van der Waals surface area contributed by atoms with Crippen molar-refractivity contribution in [2.45, 2.75) is 52.1 Å². The predicted octanol–water partition coefficient (Wildman–Crippen LogP) is 3.33. The van der Waals surface area contributed by atoms with E-state index in [1.165, 1.54) is 18.5 Å². The lowest BCUT2D eigenvalue weighted by atomic mass is 9.90. The fourth-order valence-electron chi connectivity index (χ4n) is 3.19. The van der Waals surface area contributed by atoms with Crippen LogP contribution in [0.25, 0.3) is 0 Å². The van der Waals surface area contributed by atoms with E-state index < -0.39 is 0 Å². The van der Waals surface area contributed by atoms with Gasteiger partial charge in [0.1, 0.15) is 0 Å². The van der Waals surface area contributed by atoms with E-state index in [4.69, 9.17) is 0 Å². The first-order valence-corrected chi connectivity index (χ1v) is 8.05. The van der Waals surface area contributed by atoms with Gasteiger partial charge in [-0.2, -0.15) is 0 Å². The summed E-state index contributed by atoms with van der Waals surface area (Å²) in [5.74, 6) is 0.759. The van der Waals surface area contributed by atoms with Gasteiger partial charge < -0.3 is 5.32 Å². The van der Waals surface area contributed by atoms with Crippen molar-refractivity contribution in [3.8, 4) is 0 Å². The third-order valence-corrected chi connectivity index (χ3v) is 4.69. The maximum absolute atomic E-state index is 3.71. The van der Waals surface area contributed by atoms with Crippen LogP contribution in [0.5, 0.6) is 0 Å². The lowest BCUT2D eigenvalue weighted by Crippen LogP contribution is -2.63. The lowest BCUT2D eigenvalue weighted by Gasteiger charge is -2.47. The van der Waals surface area contributed by atoms with Crippen LogP contribution < -0.4 is 5.32 Å². The zero-order valence-corrected chi connectivity index (χ0v) is 13.5. The Morgan fingerprint density at radius 3 is 2.65 bits per heavy atom. The molecule has 0 aliphatic carbocycles. The number of hydrogen-bond acceptors (Lipinski definition) is 2. The van der Waals surface area contributed by atoms with Crippen LogP contribution in [-0.2, 0) is 6.42 Å². The molecule has 0 radical (unpaired) electrons. The van der Waals surface area contributed by atoms with Crippen molar-refractivity contribution >= 4 is 0 Å². The van der Waals surface area contributed by atoms with Gasteiger partial charge in [0.2, 0.25) is 0 Å². The Hall–Kier alpha value is -0.860. The Labute approximate surface area is 124 Å². The molecule has 1 N–H and O–H groups in total. The third kappa shape index (κ3) is 4.07. The van der Waals surface area contributed by atoms with Crippen LogP contribution >= 0.6 is 0 Å². The van der Waals surface area contributed by atoms with E-state index in [-0.39, 0.29) is 5.54 Å². The highest BCUT2D eigenvalue weighted by Crippen LogP contribution is 2.22. The molecule has 0 bridgehead atoms. The molecule has 0 saturated carbocycles. The molecule has 112 valence electrons. The van der Waals surface area contributed by atoms with Crippen LogP contribution in [0.4, 0.5) is 0 Å². The molecule has 2 heteroatoms. The van der Waals surface area contributed by atoms with Crippen LogP contribution in [0.2, 0.25) is 0 Å². The molecular formula is C18H30N2. The minimum atomic E-state index is 0.237. The summed E-state index contributed by atoms with van der Waals surface area (Å²) in [5.41, 5.74) is 1.69. The van der Waals surface area contributed by atoms with Gasteiger partial charge in [0.25, 0.3) is 0 Å². The second kappa shape index (κ2) is 6.73. The minimum absolute atomic E-state index is 0.237. The zero-order chi connectivity index (χ0) is 14.6. The van der Waals surface area contributed by atoms with Gasteiger partial charge in [-0.25, -0.2) is 0 Å². The first kappa shape index (κ1) is 15.5. The Morgan fingerprint density at radius 1 is 1.30 bits per heavy atom. The molecule has 0 aromatic heterocycles. The molecule has 0 spiro atoms. The molecule has 2 unspecified atom stereocenters. The maximum atomic E-state index is 3.71. The van der Waals surface area contributed by atoms with Crippen LogP contribution in [-0.4, -0.2) is 36.1 Å². The Bertz CT molecular complexity index is 399. The van der Waals surface area contributed by atoms with Gasteiger partial charge in [0.15, 0.2) is 0 Å². The van der Waals surface area contributed by atoms with Gasteiger partial charge >= 0.3 is 0 Å². The van der Waals surface area contributed by atoms with Crippen molar-refractivity contribution in [2.75, 3.05) is 19.6 Å². The smallest absolute Gasteiger partial charge is 0.0252 e. The summed E-state index contributed by atoms with van der Waals surface area (Å²) in [5, 5.41) is 3.71. The molecule has 1 aromatic rings. The first-order valence-electron chi connectivity index (χ1n) is 8.05. The van der Waals surface area contributed by atoms with Crippen molar-refractivity contribution in [1.82, 2.24) is 10.2 Å². The van der Waals surface area contributed by atoms with Gasteiger partial charge in [0.05, 0.1) is 0 Å². The number of rotatable bonds is 5. The Kier molecular flexibility index (Phi) is 5.22. The average molecular weight is 274 g/mol. The summed E-state index contributed by atoms with van der Waals surface area (Å²) in [6.45, 7) is 12.8. The van der Waals surface area contributed by atoms with Gasteiger partial charge in [0, 0.05) is 31.2 Å². The molecule has 1 aromatic carbocycles. The van der Waals surface area contributed by atoms with Crippen LogP contribution in [0.3, 0.4) is 0 Å². The van der Waals surface area contributed by atoms with Crippen molar-refractivity contribution in [3.05, 3.63) is 35.9 Å². The monoisotopic (exact) mass is 274 g/mol. The highest BCUT2D eigenvalue weighted by molar-refractivity contribution is 5.15. The zero-order valence-electron chi connectivity index (χ0n) is 13.5. The normalized spacial score (nSPS) is 24.5. The molecule has 0 amide bonds. The minimum Gasteiger partial charge on any atom is -0.309 e. The van der Waals surface area contributed by atoms with Crippen LogP contribution in [0.15, 0.2) is 30.3 Å². The summed E-state index contributed by atoms with van der Waals surface area (Å²) in [6, 6.07) is 11.5. The van der Waals surface area contributed by atoms with E-state index in [0.717, 1.165) is 25.4 Å². The van der Waals surface area contributed by atoms with Gasteiger partial charge in [-0.1, -0.05) is 50.6 Å². The highest BCUT2D eigenvalue weighted by atomic mass is 15.2. The molecule has 1 heterocycles. The van der Waals surface area contributed by atoms with Gasteiger partial charge in [-0.3, -0.25) is 4.90 Å². The Morgan fingerprint density at radius 2 is 2.00 bits per heavy atom. The van der Waals surface area contributed by atoms with Gasteiger partial charge in [-0.05, 0) is 31.7 Å². The van der Waals surface area contributed by atoms with Gasteiger partial charge in [-0.15, -0.1) is 0 Å². The molecule has 1 aliphatic heterocycles. The van der Waals surface area contributed by atoms with E-state index in [2.05, 4.69) is 68.2 Å². The summed E-state index contributed by atoms with van der Waals surface area (Å²) in [6.07, 6.45) is 2.42. The summed E-state index contributed by atoms with van der Waals surface area (Å²) < 4.78 is 0. The van der Waals surface area contributed by atoms with Crippen LogP contribution in [0, 0.1) is 5.92 Å². The molecule has 20 heavy (non-hydrogen) atoms. The number of benzene rings is 1. The van der Waals surface area contributed by atoms with E-state index in [0.29, 0.717) is 6.04 Å². The highest BCUT2D eigenvalue weighted by Gasteiger charge is 2.34. The van der Waals surface area contributed by atoms with Crippen LogP contribution in [0.1, 0.15) is 39.7 Å². The summed E-state index contributed by atoms with van der Waals surface area (Å²) >= 11 is 0. The third-order valence-electron chi connectivity index (χ3n) is 4.69. The largest absolute Gasteiger partial charge is 0.309 e. The second-order valence-corrected chi connectivity index (χ2v) is 6.92. The van der Waals surface area contributed by atoms with E-state index >= 15 is 0 Å². The van der Waals surface area contributed by atoms with Crippen molar-refractivity contribution in [3.63, 3.8) is 0 Å². The summed E-state index contributed by atoms with van der Waals surface area (Å²) in [4.78, 5) is 2.71. The number of hydrogen-bond donors (Lipinski definition) is 1.